The fraction of sp³-hybridized carbons (Fsp3) is 0.737. The Bertz CT molecular complexity index is 447. The summed E-state index contributed by atoms with van der Waals surface area (Å²) in [5.41, 5.74) is 3.15. The first-order valence-corrected chi connectivity index (χ1v) is 8.54. The molecule has 21 heavy (non-hydrogen) atoms. The van der Waals surface area contributed by atoms with Gasteiger partial charge in [0.15, 0.2) is 0 Å². The number of aryl methyl sites for hydroxylation is 1. The van der Waals surface area contributed by atoms with Crippen molar-refractivity contribution in [3.63, 3.8) is 0 Å². The Balaban J connectivity index is 2.20. The van der Waals surface area contributed by atoms with E-state index in [2.05, 4.69) is 57.2 Å². The van der Waals surface area contributed by atoms with Gasteiger partial charge in [0, 0.05) is 12.4 Å². The molecule has 1 heterocycles. The first-order valence-electron chi connectivity index (χ1n) is 8.54. The lowest BCUT2D eigenvalue weighted by Crippen LogP contribution is -2.35. The normalized spacial score (nSPS) is 26.8. The number of hydrogen-bond acceptors (Lipinski definition) is 2. The van der Waals surface area contributed by atoms with Crippen LogP contribution >= 0.6 is 0 Å². The smallest absolute Gasteiger partial charge is 0.0303 e. The van der Waals surface area contributed by atoms with Crippen LogP contribution in [0.25, 0.3) is 0 Å². The van der Waals surface area contributed by atoms with Crippen LogP contribution in [-0.4, -0.2) is 18.1 Å². The highest BCUT2D eigenvalue weighted by molar-refractivity contribution is 5.22. The second kappa shape index (κ2) is 6.91. The number of pyridine rings is 1. The van der Waals surface area contributed by atoms with E-state index in [1.165, 1.54) is 30.4 Å². The largest absolute Gasteiger partial charge is 0.317 e. The molecule has 0 aromatic carbocycles. The summed E-state index contributed by atoms with van der Waals surface area (Å²) in [6.07, 6.45) is 8.09. The molecule has 118 valence electrons. The molecule has 3 atom stereocenters. The van der Waals surface area contributed by atoms with Gasteiger partial charge in [0.05, 0.1) is 0 Å². The van der Waals surface area contributed by atoms with E-state index >= 15 is 0 Å². The van der Waals surface area contributed by atoms with Gasteiger partial charge in [-0.25, -0.2) is 0 Å². The van der Waals surface area contributed by atoms with Gasteiger partial charge < -0.3 is 5.32 Å². The number of aromatic nitrogens is 1. The minimum atomic E-state index is 0.415. The summed E-state index contributed by atoms with van der Waals surface area (Å²) in [6, 6.07) is 2.35. The van der Waals surface area contributed by atoms with Crippen LogP contribution < -0.4 is 5.32 Å². The average molecular weight is 288 g/mol. The fourth-order valence-electron chi connectivity index (χ4n) is 3.78. The molecule has 2 nitrogen and oxygen atoms in total. The number of nitrogens with zero attached hydrogens (tertiary/aromatic N) is 1. The molecule has 0 amide bonds. The van der Waals surface area contributed by atoms with E-state index in [-0.39, 0.29) is 0 Å². The zero-order chi connectivity index (χ0) is 15.5. The Morgan fingerprint density at radius 3 is 2.62 bits per heavy atom. The van der Waals surface area contributed by atoms with Crippen molar-refractivity contribution in [1.29, 1.82) is 0 Å². The maximum absolute atomic E-state index is 4.44. The molecule has 2 rings (SSSR count). The SMILES string of the molecule is CCNCC1CCC(C(C)(C)C)CC1c1cncc(C)c1. The third kappa shape index (κ3) is 4.29. The van der Waals surface area contributed by atoms with E-state index < -0.39 is 0 Å². The summed E-state index contributed by atoms with van der Waals surface area (Å²) in [5, 5.41) is 3.57. The Morgan fingerprint density at radius 1 is 1.24 bits per heavy atom. The van der Waals surface area contributed by atoms with Crippen molar-refractivity contribution >= 4 is 0 Å². The average Bonchev–Trinajstić information content (AvgIpc) is 2.44. The highest BCUT2D eigenvalue weighted by Crippen LogP contribution is 2.46. The zero-order valence-corrected chi connectivity index (χ0v) is 14.4. The van der Waals surface area contributed by atoms with Crippen LogP contribution in [0.5, 0.6) is 0 Å². The van der Waals surface area contributed by atoms with E-state index in [9.17, 15) is 0 Å². The van der Waals surface area contributed by atoms with Gasteiger partial charge in [-0.05, 0) is 73.6 Å². The zero-order valence-electron chi connectivity index (χ0n) is 14.4. The molecule has 1 N–H and O–H groups in total. The summed E-state index contributed by atoms with van der Waals surface area (Å²) in [6.45, 7) is 13.8. The molecule has 0 saturated heterocycles. The second-order valence-corrected chi connectivity index (χ2v) is 7.85. The van der Waals surface area contributed by atoms with Gasteiger partial charge in [0.25, 0.3) is 0 Å². The molecule has 2 heteroatoms. The molecule has 3 unspecified atom stereocenters. The van der Waals surface area contributed by atoms with E-state index in [1.54, 1.807) is 0 Å². The van der Waals surface area contributed by atoms with E-state index in [0.29, 0.717) is 11.3 Å². The van der Waals surface area contributed by atoms with Crippen molar-refractivity contribution < 1.29 is 0 Å². The third-order valence-corrected chi connectivity index (χ3v) is 5.20. The first-order chi connectivity index (χ1) is 9.91. The van der Waals surface area contributed by atoms with Crippen LogP contribution in [-0.2, 0) is 0 Å². The van der Waals surface area contributed by atoms with Crippen molar-refractivity contribution in [2.45, 2.75) is 59.8 Å². The summed E-state index contributed by atoms with van der Waals surface area (Å²) >= 11 is 0. The summed E-state index contributed by atoms with van der Waals surface area (Å²) in [7, 11) is 0. The van der Waals surface area contributed by atoms with Gasteiger partial charge in [0.2, 0.25) is 0 Å². The molecule has 1 saturated carbocycles. The predicted octanol–water partition coefficient (Wildman–Crippen LogP) is 4.55. The van der Waals surface area contributed by atoms with E-state index in [4.69, 9.17) is 0 Å². The topological polar surface area (TPSA) is 24.9 Å². The fourth-order valence-corrected chi connectivity index (χ4v) is 3.78. The van der Waals surface area contributed by atoms with Gasteiger partial charge in [0.1, 0.15) is 0 Å². The van der Waals surface area contributed by atoms with Gasteiger partial charge in [-0.3, -0.25) is 4.98 Å². The van der Waals surface area contributed by atoms with Crippen molar-refractivity contribution in [2.75, 3.05) is 13.1 Å². The number of rotatable bonds is 4. The Kier molecular flexibility index (Phi) is 5.43. The molecule has 1 aliphatic rings. The van der Waals surface area contributed by atoms with Crippen molar-refractivity contribution in [3.8, 4) is 0 Å². The molecular formula is C19H32N2. The van der Waals surface area contributed by atoms with Gasteiger partial charge in [-0.1, -0.05) is 33.8 Å². The third-order valence-electron chi connectivity index (χ3n) is 5.20. The van der Waals surface area contributed by atoms with E-state index in [0.717, 1.165) is 24.9 Å². The molecule has 0 bridgehead atoms. The van der Waals surface area contributed by atoms with Crippen LogP contribution in [0.15, 0.2) is 18.5 Å². The lowest BCUT2D eigenvalue weighted by Gasteiger charge is -2.42. The number of hydrogen-bond donors (Lipinski definition) is 1. The highest BCUT2D eigenvalue weighted by atomic mass is 14.8. The lowest BCUT2D eigenvalue weighted by molar-refractivity contribution is 0.129. The first kappa shape index (κ1) is 16.5. The van der Waals surface area contributed by atoms with E-state index in [1.807, 2.05) is 6.20 Å². The van der Waals surface area contributed by atoms with Crippen LogP contribution in [0.1, 0.15) is 64.0 Å². The predicted molar refractivity (Wildman–Crippen MR) is 90.5 cm³/mol. The van der Waals surface area contributed by atoms with Gasteiger partial charge in [-0.15, -0.1) is 0 Å². The van der Waals surface area contributed by atoms with Crippen molar-refractivity contribution in [2.24, 2.45) is 17.3 Å². The lowest BCUT2D eigenvalue weighted by atomic mass is 9.64. The molecule has 0 radical (unpaired) electrons. The van der Waals surface area contributed by atoms with Crippen LogP contribution in [0.4, 0.5) is 0 Å². The standard InChI is InChI=1S/C19H32N2/c1-6-20-12-15-7-8-17(19(3,4)5)10-18(15)16-9-14(2)11-21-13-16/h9,11,13,15,17-18,20H,6-8,10,12H2,1-5H3. The molecule has 1 aromatic rings. The quantitative estimate of drug-likeness (QED) is 0.879. The summed E-state index contributed by atoms with van der Waals surface area (Å²) in [5.74, 6) is 2.24. The van der Waals surface area contributed by atoms with Gasteiger partial charge in [-0.2, -0.15) is 0 Å². The molecule has 1 aliphatic carbocycles. The maximum Gasteiger partial charge on any atom is 0.0303 e. The highest BCUT2D eigenvalue weighted by Gasteiger charge is 2.36. The Hall–Kier alpha value is -0.890. The summed E-state index contributed by atoms with van der Waals surface area (Å²) < 4.78 is 0. The molecule has 0 spiro atoms. The molecule has 1 fully saturated rings. The Morgan fingerprint density at radius 2 is 2.00 bits per heavy atom. The summed E-state index contributed by atoms with van der Waals surface area (Å²) in [4.78, 5) is 4.44. The molecule has 0 aliphatic heterocycles. The van der Waals surface area contributed by atoms with Crippen LogP contribution in [0, 0.1) is 24.2 Å². The number of nitrogens with one attached hydrogen (secondary N) is 1. The second-order valence-electron chi connectivity index (χ2n) is 7.85. The van der Waals surface area contributed by atoms with Crippen LogP contribution in [0.3, 0.4) is 0 Å². The van der Waals surface area contributed by atoms with Crippen molar-refractivity contribution in [1.82, 2.24) is 10.3 Å². The minimum Gasteiger partial charge on any atom is -0.317 e. The Labute approximate surface area is 130 Å². The van der Waals surface area contributed by atoms with Crippen LogP contribution in [0.2, 0.25) is 0 Å². The molecular weight excluding hydrogens is 256 g/mol. The molecule has 1 aromatic heterocycles. The maximum atomic E-state index is 4.44. The monoisotopic (exact) mass is 288 g/mol. The van der Waals surface area contributed by atoms with Gasteiger partial charge >= 0.3 is 0 Å². The minimum absolute atomic E-state index is 0.415. The van der Waals surface area contributed by atoms with Crippen molar-refractivity contribution in [3.05, 3.63) is 29.6 Å².